The molecule has 0 spiro atoms. The number of nitrogens with zero attached hydrogens (tertiary/aromatic N) is 2. The van der Waals surface area contributed by atoms with Gasteiger partial charge in [0.15, 0.2) is 0 Å². The van der Waals surface area contributed by atoms with Crippen LogP contribution >= 0.6 is 0 Å². The van der Waals surface area contributed by atoms with Crippen LogP contribution in [0, 0.1) is 0 Å². The molecule has 1 rings (SSSR count). The topological polar surface area (TPSA) is 26.7 Å². The van der Waals surface area contributed by atoms with E-state index in [4.69, 9.17) is 0 Å². The summed E-state index contributed by atoms with van der Waals surface area (Å²) in [6.07, 6.45) is 0. The highest BCUT2D eigenvalue weighted by Crippen LogP contribution is 2.17. The minimum atomic E-state index is 0.231. The predicted octanol–water partition coefficient (Wildman–Crippen LogP) is 0.393. The number of rotatable bonds is 1. The molecule has 0 aromatic carbocycles. The van der Waals surface area contributed by atoms with Gasteiger partial charge in [-0.3, -0.25) is 9.80 Å². The lowest BCUT2D eigenvalue weighted by molar-refractivity contribution is 0.0133. The lowest BCUT2D eigenvalue weighted by Crippen LogP contribution is -2.58. The molecule has 1 heterocycles. The Morgan fingerprint density at radius 3 is 2.38 bits per heavy atom. The van der Waals surface area contributed by atoms with Crippen LogP contribution in [0.3, 0.4) is 0 Å². The Morgan fingerprint density at radius 2 is 1.92 bits per heavy atom. The summed E-state index contributed by atoms with van der Waals surface area (Å²) in [5.41, 5.74) is 0.231. The number of hydrogen-bond acceptors (Lipinski definition) is 3. The molecule has 78 valence electrons. The van der Waals surface area contributed by atoms with Gasteiger partial charge in [0.05, 0.1) is 6.61 Å². The van der Waals surface area contributed by atoms with Crippen molar-refractivity contribution in [3.8, 4) is 0 Å². The van der Waals surface area contributed by atoms with Gasteiger partial charge >= 0.3 is 0 Å². The summed E-state index contributed by atoms with van der Waals surface area (Å²) in [5.74, 6) is 0. The second-order valence-electron chi connectivity index (χ2n) is 4.93. The van der Waals surface area contributed by atoms with E-state index in [0.717, 1.165) is 19.6 Å². The van der Waals surface area contributed by atoms with Crippen LogP contribution in [-0.4, -0.2) is 59.8 Å². The number of likely N-dealkylation sites (N-methyl/N-ethyl adjacent to an activating group) is 1. The largest absolute Gasteiger partial charge is 0.395 e. The van der Waals surface area contributed by atoms with Crippen LogP contribution in [0.4, 0.5) is 0 Å². The first-order chi connectivity index (χ1) is 5.95. The van der Waals surface area contributed by atoms with Crippen molar-refractivity contribution in [2.24, 2.45) is 0 Å². The average molecular weight is 186 g/mol. The standard InChI is InChI=1S/C10H22N2O/c1-10(2,3)12-6-5-11(4)9(7-12)8-13/h9,13H,5-8H2,1-4H3/t9-/m0/s1. The Balaban J connectivity index is 2.55. The maximum absolute atomic E-state index is 9.18. The molecule has 13 heavy (non-hydrogen) atoms. The van der Waals surface area contributed by atoms with Gasteiger partial charge < -0.3 is 5.11 Å². The molecule has 3 heteroatoms. The maximum Gasteiger partial charge on any atom is 0.0599 e. The third-order valence-electron chi connectivity index (χ3n) is 2.94. The highest BCUT2D eigenvalue weighted by Gasteiger charge is 2.29. The van der Waals surface area contributed by atoms with Gasteiger partial charge in [-0.2, -0.15) is 0 Å². The average Bonchev–Trinajstić information content (AvgIpc) is 2.03. The van der Waals surface area contributed by atoms with Crippen LogP contribution in [-0.2, 0) is 0 Å². The first-order valence-corrected chi connectivity index (χ1v) is 5.01. The summed E-state index contributed by atoms with van der Waals surface area (Å²) < 4.78 is 0. The molecule has 0 unspecified atom stereocenters. The normalized spacial score (nSPS) is 27.9. The Bertz CT molecular complexity index is 165. The molecule has 0 aliphatic carbocycles. The van der Waals surface area contributed by atoms with Crippen molar-refractivity contribution >= 4 is 0 Å². The fourth-order valence-electron chi connectivity index (χ4n) is 1.75. The summed E-state index contributed by atoms with van der Waals surface area (Å²) in [4.78, 5) is 4.68. The maximum atomic E-state index is 9.18. The van der Waals surface area contributed by atoms with E-state index in [1.54, 1.807) is 0 Å². The summed E-state index contributed by atoms with van der Waals surface area (Å²) in [6.45, 7) is 10.1. The molecular formula is C10H22N2O. The van der Waals surface area contributed by atoms with E-state index < -0.39 is 0 Å². The van der Waals surface area contributed by atoms with Crippen LogP contribution < -0.4 is 0 Å². The number of hydrogen-bond donors (Lipinski definition) is 1. The van der Waals surface area contributed by atoms with Crippen molar-refractivity contribution in [2.45, 2.75) is 32.4 Å². The first-order valence-electron chi connectivity index (χ1n) is 5.01. The van der Waals surface area contributed by atoms with E-state index in [1.807, 2.05) is 0 Å². The van der Waals surface area contributed by atoms with Crippen molar-refractivity contribution in [2.75, 3.05) is 33.3 Å². The third-order valence-corrected chi connectivity index (χ3v) is 2.94. The third kappa shape index (κ3) is 2.66. The van der Waals surface area contributed by atoms with Crippen molar-refractivity contribution in [3.05, 3.63) is 0 Å². The zero-order valence-corrected chi connectivity index (χ0v) is 9.25. The molecule has 1 aliphatic rings. The summed E-state index contributed by atoms with van der Waals surface area (Å²) in [7, 11) is 2.08. The molecule has 1 fully saturated rings. The molecule has 0 aromatic rings. The molecule has 1 saturated heterocycles. The Hall–Kier alpha value is -0.120. The lowest BCUT2D eigenvalue weighted by Gasteiger charge is -2.45. The molecular weight excluding hydrogens is 164 g/mol. The molecule has 0 amide bonds. The number of piperazine rings is 1. The molecule has 3 nitrogen and oxygen atoms in total. The Kier molecular flexibility index (Phi) is 3.33. The zero-order valence-electron chi connectivity index (χ0n) is 9.25. The Morgan fingerprint density at radius 1 is 1.31 bits per heavy atom. The van der Waals surface area contributed by atoms with Gasteiger partial charge in [-0.05, 0) is 27.8 Å². The van der Waals surface area contributed by atoms with Crippen molar-refractivity contribution in [3.63, 3.8) is 0 Å². The van der Waals surface area contributed by atoms with Crippen LogP contribution in [0.25, 0.3) is 0 Å². The molecule has 1 aliphatic heterocycles. The fourth-order valence-corrected chi connectivity index (χ4v) is 1.75. The van der Waals surface area contributed by atoms with Crippen molar-refractivity contribution in [1.29, 1.82) is 0 Å². The van der Waals surface area contributed by atoms with Crippen LogP contribution in [0.15, 0.2) is 0 Å². The number of aliphatic hydroxyl groups excluding tert-OH is 1. The van der Waals surface area contributed by atoms with Crippen molar-refractivity contribution < 1.29 is 5.11 Å². The lowest BCUT2D eigenvalue weighted by atomic mass is 10.0. The quantitative estimate of drug-likeness (QED) is 0.642. The van der Waals surface area contributed by atoms with E-state index in [9.17, 15) is 5.11 Å². The highest BCUT2D eigenvalue weighted by molar-refractivity contribution is 4.86. The summed E-state index contributed by atoms with van der Waals surface area (Å²) in [5, 5.41) is 9.18. The van der Waals surface area contributed by atoms with Gasteiger partial charge in [0.2, 0.25) is 0 Å². The Labute approximate surface area is 81.3 Å². The molecule has 0 radical (unpaired) electrons. The zero-order chi connectivity index (χ0) is 10.1. The monoisotopic (exact) mass is 186 g/mol. The van der Waals surface area contributed by atoms with Crippen LogP contribution in [0.5, 0.6) is 0 Å². The van der Waals surface area contributed by atoms with Crippen molar-refractivity contribution in [1.82, 2.24) is 9.80 Å². The molecule has 1 N–H and O–H groups in total. The fraction of sp³-hybridized carbons (Fsp3) is 1.00. The van der Waals surface area contributed by atoms with Gasteiger partial charge in [-0.25, -0.2) is 0 Å². The minimum Gasteiger partial charge on any atom is -0.395 e. The second-order valence-corrected chi connectivity index (χ2v) is 4.93. The van der Waals surface area contributed by atoms with E-state index >= 15 is 0 Å². The molecule has 0 saturated carbocycles. The predicted molar refractivity (Wildman–Crippen MR) is 54.8 cm³/mol. The smallest absolute Gasteiger partial charge is 0.0599 e. The second kappa shape index (κ2) is 3.95. The summed E-state index contributed by atoms with van der Waals surface area (Å²) >= 11 is 0. The van der Waals surface area contributed by atoms with Gasteiger partial charge in [-0.15, -0.1) is 0 Å². The van der Waals surface area contributed by atoms with Gasteiger partial charge in [0, 0.05) is 31.2 Å². The highest BCUT2D eigenvalue weighted by atomic mass is 16.3. The summed E-state index contributed by atoms with van der Waals surface area (Å²) in [6, 6.07) is 0.313. The van der Waals surface area contributed by atoms with Gasteiger partial charge in [0.25, 0.3) is 0 Å². The van der Waals surface area contributed by atoms with E-state index in [2.05, 4.69) is 37.6 Å². The molecule has 0 aromatic heterocycles. The van der Waals surface area contributed by atoms with Crippen LogP contribution in [0.2, 0.25) is 0 Å². The van der Waals surface area contributed by atoms with Gasteiger partial charge in [0.1, 0.15) is 0 Å². The number of aliphatic hydroxyl groups is 1. The first kappa shape index (κ1) is 11.0. The van der Waals surface area contributed by atoms with Gasteiger partial charge in [-0.1, -0.05) is 0 Å². The van der Waals surface area contributed by atoms with E-state index in [0.29, 0.717) is 6.04 Å². The SMILES string of the molecule is CN1CCN(C(C)(C)C)C[C@H]1CO. The van der Waals surface area contributed by atoms with E-state index in [-0.39, 0.29) is 12.1 Å². The van der Waals surface area contributed by atoms with E-state index in [1.165, 1.54) is 0 Å². The molecule has 1 atom stereocenters. The molecule has 0 bridgehead atoms. The minimum absolute atomic E-state index is 0.231. The van der Waals surface area contributed by atoms with Crippen LogP contribution in [0.1, 0.15) is 20.8 Å².